The van der Waals surface area contributed by atoms with Crippen LogP contribution < -0.4 is 10.6 Å². The van der Waals surface area contributed by atoms with Crippen LogP contribution in [0, 0.1) is 0 Å². The normalized spacial score (nSPS) is 17.8. The minimum Gasteiger partial charge on any atom is -0.444 e. The van der Waals surface area contributed by atoms with E-state index in [4.69, 9.17) is 21.8 Å². The topological polar surface area (TPSA) is 104 Å². The number of hydrogen-bond acceptors (Lipinski definition) is 7. The summed E-state index contributed by atoms with van der Waals surface area (Å²) in [7, 11) is -10.5. The van der Waals surface area contributed by atoms with Gasteiger partial charge < -0.3 is 32.5 Å². The molecule has 2 N–H and O–H groups in total. The number of rotatable bonds is 14. The van der Waals surface area contributed by atoms with Gasteiger partial charge in [-0.2, -0.15) is 0 Å². The van der Waals surface area contributed by atoms with Gasteiger partial charge in [-0.1, -0.05) is 13.8 Å². The van der Waals surface area contributed by atoms with Gasteiger partial charge in [0.25, 0.3) is 0 Å². The average Bonchev–Trinajstić information content (AvgIpc) is 2.61. The molecular formula is C20H48N2O7Si4. The first-order chi connectivity index (χ1) is 14.9. The highest BCUT2D eigenvalue weighted by Gasteiger charge is 2.56. The lowest BCUT2D eigenvalue weighted by Crippen LogP contribution is -2.68. The Morgan fingerprint density at radius 2 is 0.909 bits per heavy atom. The molecule has 0 aromatic heterocycles. The van der Waals surface area contributed by atoms with Crippen molar-refractivity contribution in [1.29, 1.82) is 0 Å². The van der Waals surface area contributed by atoms with Crippen LogP contribution in [0.3, 0.4) is 0 Å². The van der Waals surface area contributed by atoms with E-state index in [-0.39, 0.29) is 0 Å². The Kier molecular flexibility index (Phi) is 13.1. The molecule has 0 saturated heterocycles. The van der Waals surface area contributed by atoms with Gasteiger partial charge in [0.1, 0.15) is 11.5 Å². The van der Waals surface area contributed by atoms with Crippen molar-refractivity contribution in [1.82, 2.24) is 10.6 Å². The van der Waals surface area contributed by atoms with Crippen molar-refractivity contribution in [3.8, 4) is 0 Å². The third-order valence-corrected chi connectivity index (χ3v) is 19.3. The molecule has 0 aromatic rings. The number of amides is 2. The largest absolute Gasteiger partial charge is 0.444 e. The van der Waals surface area contributed by atoms with E-state index in [0.717, 1.165) is 0 Å². The van der Waals surface area contributed by atoms with Crippen LogP contribution in [0.5, 0.6) is 0 Å². The monoisotopic (exact) mass is 540 g/mol. The highest BCUT2D eigenvalue weighted by Crippen LogP contribution is 2.32. The number of ether oxygens (including phenoxy) is 2. The SMILES string of the molecule is CCNC(=O)OC(CC)[Si](C)(O[Si](C)(C)C)O[Si](C)(O[Si](C)(C)C)C(CC)OC(=O)NCC. The zero-order valence-corrected chi connectivity index (χ0v) is 26.8. The first-order valence-corrected chi connectivity index (χ1v) is 23.5. The number of alkyl carbamates (subject to hydrolysis) is 2. The molecule has 0 aromatic carbocycles. The molecule has 0 rings (SSSR count). The molecule has 4 unspecified atom stereocenters. The van der Waals surface area contributed by atoms with Crippen molar-refractivity contribution >= 4 is 45.9 Å². The zero-order chi connectivity index (χ0) is 26.1. The smallest absolute Gasteiger partial charge is 0.407 e. The summed E-state index contributed by atoms with van der Waals surface area (Å²) in [6.07, 6.45) is 0.0859. The van der Waals surface area contributed by atoms with Gasteiger partial charge in [0.15, 0.2) is 16.6 Å². The Balaban J connectivity index is 6.38. The van der Waals surface area contributed by atoms with E-state index in [1.165, 1.54) is 0 Å². The predicted octanol–water partition coefficient (Wildman–Crippen LogP) is 4.98. The van der Waals surface area contributed by atoms with E-state index < -0.39 is 57.4 Å². The quantitative estimate of drug-likeness (QED) is 0.299. The maximum Gasteiger partial charge on any atom is 0.407 e. The molecule has 0 bridgehead atoms. The lowest BCUT2D eigenvalue weighted by Gasteiger charge is -2.46. The zero-order valence-electron chi connectivity index (χ0n) is 22.8. The second-order valence-corrected chi connectivity index (χ2v) is 26.5. The molecule has 2 amide bonds. The molecule has 0 aliphatic heterocycles. The van der Waals surface area contributed by atoms with Crippen molar-refractivity contribution in [3.05, 3.63) is 0 Å². The lowest BCUT2D eigenvalue weighted by molar-refractivity contribution is 0.0921. The second kappa shape index (κ2) is 13.4. The highest BCUT2D eigenvalue weighted by molar-refractivity contribution is 6.90. The standard InChI is InChI=1S/C20H48N2O7Si4/c1-13-17(25-19(23)21-15-3)32(11,27-30(5,6)7)29-33(12,28-31(8,9)10)18(14-2)26-20(24)22-16-4/h17-18H,13-16H2,1-12H3,(H,21,23)(H,22,24). The molecule has 0 heterocycles. The fraction of sp³-hybridized carbons (Fsp3) is 0.900. The molecule has 0 radical (unpaired) electrons. The van der Waals surface area contributed by atoms with E-state index in [9.17, 15) is 9.59 Å². The summed E-state index contributed by atoms with van der Waals surface area (Å²) < 4.78 is 31.9. The van der Waals surface area contributed by atoms with Crippen molar-refractivity contribution in [2.45, 2.75) is 104 Å². The minimum absolute atomic E-state index is 0.465. The summed E-state index contributed by atoms with van der Waals surface area (Å²) in [5.74, 6) is 0. The van der Waals surface area contributed by atoms with Gasteiger partial charge in [-0.25, -0.2) is 9.59 Å². The third-order valence-electron chi connectivity index (χ3n) is 4.48. The van der Waals surface area contributed by atoms with Crippen LogP contribution >= 0.6 is 0 Å². The van der Waals surface area contributed by atoms with Gasteiger partial charge in [0, 0.05) is 13.1 Å². The molecule has 0 spiro atoms. The molecule has 33 heavy (non-hydrogen) atoms. The van der Waals surface area contributed by atoms with Crippen LogP contribution in [-0.2, 0) is 21.8 Å². The first-order valence-electron chi connectivity index (χ1n) is 11.9. The van der Waals surface area contributed by atoms with Gasteiger partial charge >= 0.3 is 29.3 Å². The molecule has 0 fully saturated rings. The van der Waals surface area contributed by atoms with Gasteiger partial charge in [-0.3, -0.25) is 0 Å². The van der Waals surface area contributed by atoms with Crippen LogP contribution in [0.1, 0.15) is 40.5 Å². The summed E-state index contributed by atoms with van der Waals surface area (Å²) in [6, 6.07) is 0. The van der Waals surface area contributed by atoms with Gasteiger partial charge in [0.2, 0.25) is 0 Å². The third kappa shape index (κ3) is 12.0. The van der Waals surface area contributed by atoms with Crippen LogP contribution in [0.15, 0.2) is 0 Å². The second-order valence-electron chi connectivity index (χ2n) is 10.2. The van der Waals surface area contributed by atoms with Gasteiger partial charge in [-0.05, 0) is 79.1 Å². The van der Waals surface area contributed by atoms with Crippen molar-refractivity contribution in [3.63, 3.8) is 0 Å². The van der Waals surface area contributed by atoms with Crippen molar-refractivity contribution in [2.24, 2.45) is 0 Å². The van der Waals surface area contributed by atoms with E-state index in [0.29, 0.717) is 25.9 Å². The molecule has 0 aliphatic rings. The Labute approximate surface area is 205 Å². The molecule has 196 valence electrons. The van der Waals surface area contributed by atoms with Crippen LogP contribution in [-0.4, -0.2) is 70.5 Å². The van der Waals surface area contributed by atoms with Gasteiger partial charge in [0.05, 0.1) is 0 Å². The Morgan fingerprint density at radius 1 is 0.606 bits per heavy atom. The summed E-state index contributed by atoms with van der Waals surface area (Å²) >= 11 is 0. The Morgan fingerprint density at radius 3 is 1.12 bits per heavy atom. The summed E-state index contributed by atoms with van der Waals surface area (Å²) in [5.41, 5.74) is -1.09. The van der Waals surface area contributed by atoms with E-state index in [1.807, 2.05) is 40.8 Å². The number of carbonyl (C=O) groups is 2. The minimum atomic E-state index is -3.16. The number of nitrogens with one attached hydrogen (secondary N) is 2. The van der Waals surface area contributed by atoms with E-state index >= 15 is 0 Å². The maximum absolute atomic E-state index is 12.3. The van der Waals surface area contributed by atoms with Crippen LogP contribution in [0.25, 0.3) is 0 Å². The van der Waals surface area contributed by atoms with Crippen molar-refractivity contribution in [2.75, 3.05) is 13.1 Å². The Hall–Kier alpha value is -0.712. The number of hydrogen-bond donors (Lipinski definition) is 2. The average molecular weight is 541 g/mol. The molecule has 9 nitrogen and oxygen atoms in total. The fourth-order valence-electron chi connectivity index (χ4n) is 3.68. The van der Waals surface area contributed by atoms with Crippen LogP contribution in [0.2, 0.25) is 52.4 Å². The highest BCUT2D eigenvalue weighted by atomic mass is 28.5. The first kappa shape index (κ1) is 32.3. The number of carbonyl (C=O) groups excluding carboxylic acids is 2. The molecular weight excluding hydrogens is 493 g/mol. The van der Waals surface area contributed by atoms with E-state index in [2.05, 4.69) is 49.9 Å². The Bertz CT molecular complexity index is 579. The predicted molar refractivity (Wildman–Crippen MR) is 142 cm³/mol. The maximum atomic E-state index is 12.3. The lowest BCUT2D eigenvalue weighted by atomic mass is 10.5. The summed E-state index contributed by atoms with van der Waals surface area (Å²) in [6.45, 7) is 24.9. The van der Waals surface area contributed by atoms with Crippen LogP contribution in [0.4, 0.5) is 9.59 Å². The van der Waals surface area contributed by atoms with Gasteiger partial charge in [-0.15, -0.1) is 0 Å². The molecule has 0 saturated carbocycles. The summed E-state index contributed by atoms with van der Waals surface area (Å²) in [4.78, 5) is 24.6. The molecule has 0 aliphatic carbocycles. The van der Waals surface area contributed by atoms with E-state index in [1.54, 1.807) is 0 Å². The van der Waals surface area contributed by atoms with Crippen molar-refractivity contribution < 1.29 is 31.4 Å². The summed E-state index contributed by atoms with van der Waals surface area (Å²) in [5, 5.41) is 5.38. The molecule has 4 atom stereocenters. The molecule has 13 heteroatoms. The fourth-order valence-corrected chi connectivity index (χ4v) is 21.9.